The zero-order chi connectivity index (χ0) is 16.8. The summed E-state index contributed by atoms with van der Waals surface area (Å²) in [4.78, 5) is 24.8. The lowest BCUT2D eigenvalue weighted by atomic mass is 9.98. The quantitative estimate of drug-likeness (QED) is 0.835. The molecule has 1 aromatic rings. The third kappa shape index (κ3) is 5.17. The van der Waals surface area contributed by atoms with Crippen LogP contribution in [0.2, 0.25) is 0 Å². The van der Waals surface area contributed by atoms with E-state index in [1.807, 2.05) is 0 Å². The van der Waals surface area contributed by atoms with E-state index < -0.39 is 24.4 Å². The average molecular weight is 328 g/mol. The van der Waals surface area contributed by atoms with E-state index in [1.54, 1.807) is 11.0 Å². The minimum absolute atomic E-state index is 0.00674. The summed E-state index contributed by atoms with van der Waals surface area (Å²) >= 11 is 0. The molecule has 23 heavy (non-hydrogen) atoms. The number of halogens is 2. The Morgan fingerprint density at radius 1 is 1.39 bits per heavy atom. The van der Waals surface area contributed by atoms with Crippen molar-refractivity contribution < 1.29 is 28.2 Å². The van der Waals surface area contributed by atoms with E-state index in [0.717, 1.165) is 0 Å². The Hall–Kier alpha value is -2.22. The Kier molecular flexibility index (Phi) is 5.86. The molecule has 0 radical (unpaired) electrons. The van der Waals surface area contributed by atoms with Crippen molar-refractivity contribution in [1.82, 2.24) is 4.90 Å². The van der Waals surface area contributed by atoms with Gasteiger partial charge in [-0.15, -0.1) is 0 Å². The lowest BCUT2D eigenvalue weighted by molar-refractivity contribution is -0.144. The summed E-state index contributed by atoms with van der Waals surface area (Å²) in [5, 5.41) is 11.6. The number of carbonyl (C=O) groups excluding carboxylic acids is 1. The molecule has 1 fully saturated rings. The van der Waals surface area contributed by atoms with E-state index >= 15 is 0 Å². The van der Waals surface area contributed by atoms with Crippen LogP contribution in [0.5, 0.6) is 5.75 Å². The van der Waals surface area contributed by atoms with Crippen molar-refractivity contribution in [3.63, 3.8) is 0 Å². The van der Waals surface area contributed by atoms with Crippen LogP contribution in [0.15, 0.2) is 24.3 Å². The summed E-state index contributed by atoms with van der Waals surface area (Å²) in [6.45, 7) is -2.04. The number of nitrogens with zero attached hydrogens (tertiary/aromatic N) is 1. The van der Waals surface area contributed by atoms with E-state index in [4.69, 9.17) is 5.11 Å². The number of rotatable bonds is 6. The summed E-state index contributed by atoms with van der Waals surface area (Å²) in [5.41, 5.74) is 0.157. The van der Waals surface area contributed by atoms with Gasteiger partial charge in [0.2, 0.25) is 5.91 Å². The van der Waals surface area contributed by atoms with Crippen LogP contribution in [-0.4, -0.2) is 48.1 Å². The van der Waals surface area contributed by atoms with Crippen molar-refractivity contribution in [2.45, 2.75) is 19.5 Å². The summed E-state index contributed by atoms with van der Waals surface area (Å²) in [6, 6.07) is 5.92. The predicted molar refractivity (Wildman–Crippen MR) is 78.5 cm³/mol. The van der Waals surface area contributed by atoms with Gasteiger partial charge in [-0.05, 0) is 31.5 Å². The molecule has 2 N–H and O–H groups in total. The topological polar surface area (TPSA) is 78.9 Å². The number of carboxylic acid groups (broad SMARTS) is 1. The maximum atomic E-state index is 12.3. The second-order valence-corrected chi connectivity index (χ2v) is 5.34. The number of likely N-dealkylation sites (tertiary alicyclic amines) is 1. The molecule has 1 unspecified atom stereocenters. The van der Waals surface area contributed by atoms with E-state index in [-0.39, 0.29) is 18.0 Å². The minimum atomic E-state index is -2.98. The smallest absolute Gasteiger partial charge is 0.387 e. The number of anilines is 1. The van der Waals surface area contributed by atoms with Crippen molar-refractivity contribution in [3.8, 4) is 5.75 Å². The number of aliphatic carboxylic acids is 1. The average Bonchev–Trinajstić information content (AvgIpc) is 2.49. The van der Waals surface area contributed by atoms with Gasteiger partial charge in [0, 0.05) is 6.54 Å². The third-order valence-electron chi connectivity index (χ3n) is 3.60. The van der Waals surface area contributed by atoms with E-state index in [0.29, 0.717) is 25.9 Å². The highest BCUT2D eigenvalue weighted by Crippen LogP contribution is 2.25. The second kappa shape index (κ2) is 7.87. The molecule has 1 aromatic carbocycles. The molecule has 6 nitrogen and oxygen atoms in total. The molecular weight excluding hydrogens is 310 g/mol. The van der Waals surface area contributed by atoms with Gasteiger partial charge in [-0.3, -0.25) is 14.5 Å². The SMILES string of the molecule is O=C(CN1CCCC(C(=O)O)C1)Nc1ccccc1OC(F)F. The molecule has 1 saturated heterocycles. The predicted octanol–water partition coefficient (Wildman–Crippen LogP) is 2.02. The molecule has 0 aliphatic carbocycles. The Bertz CT molecular complexity index is 568. The van der Waals surface area contributed by atoms with Crippen LogP contribution in [0.3, 0.4) is 0 Å². The lowest BCUT2D eigenvalue weighted by Gasteiger charge is -2.29. The zero-order valence-corrected chi connectivity index (χ0v) is 12.4. The first-order valence-corrected chi connectivity index (χ1v) is 7.24. The lowest BCUT2D eigenvalue weighted by Crippen LogP contribution is -2.42. The van der Waals surface area contributed by atoms with E-state index in [1.165, 1.54) is 18.2 Å². The number of nitrogens with one attached hydrogen (secondary N) is 1. The number of carbonyl (C=O) groups is 2. The second-order valence-electron chi connectivity index (χ2n) is 5.34. The molecule has 126 valence electrons. The van der Waals surface area contributed by atoms with Crippen molar-refractivity contribution in [1.29, 1.82) is 0 Å². The molecular formula is C15H18F2N2O4. The number of alkyl halides is 2. The van der Waals surface area contributed by atoms with Crippen molar-refractivity contribution in [2.24, 2.45) is 5.92 Å². The van der Waals surface area contributed by atoms with Crippen LogP contribution in [-0.2, 0) is 9.59 Å². The van der Waals surface area contributed by atoms with Crippen LogP contribution >= 0.6 is 0 Å². The number of amides is 1. The van der Waals surface area contributed by atoms with Crippen LogP contribution in [0.25, 0.3) is 0 Å². The van der Waals surface area contributed by atoms with E-state index in [2.05, 4.69) is 10.1 Å². The number of piperidine rings is 1. The first kappa shape index (κ1) is 17.1. The van der Waals surface area contributed by atoms with Crippen molar-refractivity contribution >= 4 is 17.6 Å². The van der Waals surface area contributed by atoms with Crippen LogP contribution in [0, 0.1) is 5.92 Å². The molecule has 1 heterocycles. The Balaban J connectivity index is 1.93. The fourth-order valence-corrected chi connectivity index (χ4v) is 2.56. The maximum Gasteiger partial charge on any atom is 0.387 e. The van der Waals surface area contributed by atoms with Gasteiger partial charge in [-0.1, -0.05) is 12.1 Å². The monoisotopic (exact) mass is 328 g/mol. The molecule has 0 bridgehead atoms. The number of para-hydroxylation sites is 2. The Morgan fingerprint density at radius 3 is 2.83 bits per heavy atom. The molecule has 8 heteroatoms. The fraction of sp³-hybridized carbons (Fsp3) is 0.467. The first-order valence-electron chi connectivity index (χ1n) is 7.24. The van der Waals surface area contributed by atoms with Gasteiger partial charge in [0.25, 0.3) is 0 Å². The fourth-order valence-electron chi connectivity index (χ4n) is 2.56. The number of hydrogen-bond donors (Lipinski definition) is 2. The highest BCUT2D eigenvalue weighted by molar-refractivity contribution is 5.93. The van der Waals surface area contributed by atoms with Gasteiger partial charge in [0.1, 0.15) is 5.75 Å². The summed E-state index contributed by atoms with van der Waals surface area (Å²) in [7, 11) is 0. The standard InChI is InChI=1S/C15H18F2N2O4/c16-15(17)23-12-6-2-1-5-11(12)18-13(20)9-19-7-3-4-10(8-19)14(21)22/h1-2,5-6,10,15H,3-4,7-9H2,(H,18,20)(H,21,22). The van der Waals surface area contributed by atoms with Gasteiger partial charge in [0.05, 0.1) is 18.2 Å². The van der Waals surface area contributed by atoms with Crippen LogP contribution in [0.1, 0.15) is 12.8 Å². The molecule has 2 rings (SSSR count). The number of carboxylic acids is 1. The Labute approximate surface area is 132 Å². The molecule has 0 saturated carbocycles. The highest BCUT2D eigenvalue weighted by atomic mass is 19.3. The van der Waals surface area contributed by atoms with Crippen LogP contribution in [0.4, 0.5) is 14.5 Å². The normalized spacial score (nSPS) is 18.7. The molecule has 0 aromatic heterocycles. The highest BCUT2D eigenvalue weighted by Gasteiger charge is 2.26. The maximum absolute atomic E-state index is 12.3. The first-order chi connectivity index (χ1) is 11.0. The van der Waals surface area contributed by atoms with Gasteiger partial charge in [-0.25, -0.2) is 0 Å². The van der Waals surface area contributed by atoms with Crippen molar-refractivity contribution in [3.05, 3.63) is 24.3 Å². The molecule has 1 aliphatic heterocycles. The largest absolute Gasteiger partial charge is 0.481 e. The van der Waals surface area contributed by atoms with Gasteiger partial charge >= 0.3 is 12.6 Å². The molecule has 1 amide bonds. The third-order valence-corrected chi connectivity index (χ3v) is 3.60. The van der Waals surface area contributed by atoms with Gasteiger partial charge in [-0.2, -0.15) is 8.78 Å². The Morgan fingerprint density at radius 2 is 2.13 bits per heavy atom. The number of ether oxygens (including phenoxy) is 1. The number of hydrogen-bond acceptors (Lipinski definition) is 4. The summed E-state index contributed by atoms with van der Waals surface area (Å²) < 4.78 is 29.0. The number of benzene rings is 1. The van der Waals surface area contributed by atoms with Gasteiger partial charge in [0.15, 0.2) is 0 Å². The molecule has 1 aliphatic rings. The summed E-state index contributed by atoms with van der Waals surface area (Å²) in [6.07, 6.45) is 1.30. The minimum Gasteiger partial charge on any atom is -0.481 e. The molecule has 1 atom stereocenters. The zero-order valence-electron chi connectivity index (χ0n) is 12.4. The van der Waals surface area contributed by atoms with Crippen molar-refractivity contribution in [2.75, 3.05) is 25.0 Å². The molecule has 0 spiro atoms. The summed E-state index contributed by atoms with van der Waals surface area (Å²) in [5.74, 6) is -1.86. The van der Waals surface area contributed by atoms with Gasteiger partial charge < -0.3 is 15.2 Å². The van der Waals surface area contributed by atoms with E-state index in [9.17, 15) is 18.4 Å². The van der Waals surface area contributed by atoms with Crippen LogP contribution < -0.4 is 10.1 Å².